The molecule has 0 bridgehead atoms. The number of fused-ring (bicyclic) bond motifs is 4. The molecule has 0 atom stereocenters. The third-order valence-corrected chi connectivity index (χ3v) is 13.5. The molecule has 1 aliphatic carbocycles. The lowest BCUT2D eigenvalue weighted by atomic mass is 9.82. The molecule has 0 unspecified atom stereocenters. The van der Waals surface area contributed by atoms with E-state index in [4.69, 9.17) is 0 Å². The standard InChI is InChI=1S/C53H35NS/c1-53(2)45-19-7-6-16-40(45)41-28-27-39(31-46(41)53)54(37-14-4-3-5-15-37)38-25-23-32(24-26-38)34-12-8-13-35(29-34)44-30-36-22-21-33-11-9-17-42-43-18-10-20-47-50(43)51(52(44)55-47)49(36)48(33)42/h3-31H,1-2H3. The Morgan fingerprint density at radius 2 is 1.09 bits per heavy atom. The van der Waals surface area contributed by atoms with Crippen LogP contribution in [0.25, 0.3) is 85.9 Å². The number of rotatable bonds is 5. The highest BCUT2D eigenvalue weighted by atomic mass is 32.1. The van der Waals surface area contributed by atoms with Crippen molar-refractivity contribution in [1.82, 2.24) is 0 Å². The fourth-order valence-electron chi connectivity index (χ4n) is 9.77. The second kappa shape index (κ2) is 11.3. The predicted molar refractivity (Wildman–Crippen MR) is 237 cm³/mol. The summed E-state index contributed by atoms with van der Waals surface area (Å²) in [6.45, 7) is 4.70. The van der Waals surface area contributed by atoms with Crippen molar-refractivity contribution < 1.29 is 0 Å². The Morgan fingerprint density at radius 3 is 1.96 bits per heavy atom. The first-order valence-electron chi connectivity index (χ1n) is 19.2. The number of hydrogen-bond acceptors (Lipinski definition) is 2. The van der Waals surface area contributed by atoms with Gasteiger partial charge in [0.1, 0.15) is 0 Å². The number of benzene rings is 10. The molecule has 1 aromatic heterocycles. The largest absolute Gasteiger partial charge is 0.310 e. The molecule has 0 spiro atoms. The summed E-state index contributed by atoms with van der Waals surface area (Å²) in [6, 6.07) is 65.5. The smallest absolute Gasteiger partial charge is 0.0465 e. The monoisotopic (exact) mass is 717 g/mol. The summed E-state index contributed by atoms with van der Waals surface area (Å²) in [5, 5.41) is 11.0. The van der Waals surface area contributed by atoms with E-state index in [0.717, 1.165) is 11.4 Å². The van der Waals surface area contributed by atoms with E-state index in [1.54, 1.807) is 0 Å². The summed E-state index contributed by atoms with van der Waals surface area (Å²) >= 11 is 1.94. The summed E-state index contributed by atoms with van der Waals surface area (Å²) in [6.07, 6.45) is 0. The van der Waals surface area contributed by atoms with E-state index < -0.39 is 0 Å². The normalized spacial score (nSPS) is 13.4. The minimum atomic E-state index is -0.0678. The van der Waals surface area contributed by atoms with Gasteiger partial charge in [0, 0.05) is 48.2 Å². The van der Waals surface area contributed by atoms with Crippen molar-refractivity contribution >= 4 is 80.9 Å². The van der Waals surface area contributed by atoms with Crippen LogP contribution in [0.4, 0.5) is 17.1 Å². The Labute approximate surface area is 324 Å². The molecule has 0 aliphatic heterocycles. The lowest BCUT2D eigenvalue weighted by molar-refractivity contribution is 0.660. The number of hydrogen-bond donors (Lipinski definition) is 0. The van der Waals surface area contributed by atoms with Gasteiger partial charge in [-0.2, -0.15) is 0 Å². The first-order chi connectivity index (χ1) is 27.0. The van der Waals surface area contributed by atoms with Crippen LogP contribution in [0.3, 0.4) is 0 Å². The zero-order chi connectivity index (χ0) is 36.4. The Hall–Kier alpha value is -6.48. The van der Waals surface area contributed by atoms with Gasteiger partial charge in [0.25, 0.3) is 0 Å². The van der Waals surface area contributed by atoms with Crippen LogP contribution in [-0.4, -0.2) is 0 Å². The van der Waals surface area contributed by atoms with E-state index in [9.17, 15) is 0 Å². The molecule has 258 valence electrons. The van der Waals surface area contributed by atoms with E-state index in [0.29, 0.717) is 0 Å². The van der Waals surface area contributed by atoms with E-state index in [1.807, 2.05) is 11.3 Å². The number of anilines is 3. The molecule has 55 heavy (non-hydrogen) atoms. The molecule has 11 aromatic rings. The maximum atomic E-state index is 2.44. The van der Waals surface area contributed by atoms with Crippen molar-refractivity contribution in [2.24, 2.45) is 0 Å². The van der Waals surface area contributed by atoms with Crippen LogP contribution >= 0.6 is 11.3 Å². The van der Waals surface area contributed by atoms with Gasteiger partial charge in [-0.1, -0.05) is 135 Å². The molecule has 2 heteroatoms. The van der Waals surface area contributed by atoms with Gasteiger partial charge in [-0.15, -0.1) is 11.3 Å². The summed E-state index contributed by atoms with van der Waals surface area (Å²) in [7, 11) is 0. The molecule has 1 aliphatic rings. The lowest BCUT2D eigenvalue weighted by Gasteiger charge is -2.28. The maximum absolute atomic E-state index is 2.44. The van der Waals surface area contributed by atoms with E-state index in [2.05, 4.69) is 195 Å². The molecule has 0 N–H and O–H groups in total. The van der Waals surface area contributed by atoms with Crippen LogP contribution in [0, 0.1) is 0 Å². The quantitative estimate of drug-likeness (QED) is 0.127. The molecular formula is C53H35NS. The highest BCUT2D eigenvalue weighted by Gasteiger charge is 2.35. The summed E-state index contributed by atoms with van der Waals surface area (Å²) in [5.74, 6) is 0. The summed E-state index contributed by atoms with van der Waals surface area (Å²) in [5.41, 5.74) is 13.8. The Morgan fingerprint density at radius 1 is 0.400 bits per heavy atom. The van der Waals surface area contributed by atoms with Crippen molar-refractivity contribution in [3.05, 3.63) is 187 Å². The van der Waals surface area contributed by atoms with Crippen LogP contribution in [0.5, 0.6) is 0 Å². The number of thiophene rings is 1. The Balaban J connectivity index is 0.965. The van der Waals surface area contributed by atoms with Crippen LogP contribution in [0.2, 0.25) is 0 Å². The van der Waals surface area contributed by atoms with Crippen LogP contribution < -0.4 is 4.90 Å². The van der Waals surface area contributed by atoms with Gasteiger partial charge in [-0.3, -0.25) is 0 Å². The average molecular weight is 718 g/mol. The third kappa shape index (κ3) is 4.35. The lowest BCUT2D eigenvalue weighted by Crippen LogP contribution is -2.16. The summed E-state index contributed by atoms with van der Waals surface area (Å²) in [4.78, 5) is 2.39. The highest BCUT2D eigenvalue weighted by molar-refractivity contribution is 7.26. The van der Waals surface area contributed by atoms with E-state index >= 15 is 0 Å². The van der Waals surface area contributed by atoms with Crippen LogP contribution in [0.15, 0.2) is 176 Å². The molecule has 1 nitrogen and oxygen atoms in total. The molecule has 0 radical (unpaired) electrons. The Bertz CT molecular complexity index is 3280. The van der Waals surface area contributed by atoms with Gasteiger partial charge < -0.3 is 4.90 Å². The van der Waals surface area contributed by atoms with E-state index in [1.165, 1.54) is 103 Å². The second-order valence-corrected chi connectivity index (χ2v) is 16.7. The van der Waals surface area contributed by atoms with Crippen molar-refractivity contribution in [3.63, 3.8) is 0 Å². The van der Waals surface area contributed by atoms with Gasteiger partial charge >= 0.3 is 0 Å². The fourth-order valence-corrected chi connectivity index (χ4v) is 11.0. The molecule has 12 rings (SSSR count). The minimum Gasteiger partial charge on any atom is -0.310 e. The van der Waals surface area contributed by atoms with Crippen molar-refractivity contribution in [1.29, 1.82) is 0 Å². The van der Waals surface area contributed by atoms with Gasteiger partial charge in [0.15, 0.2) is 0 Å². The van der Waals surface area contributed by atoms with Crippen molar-refractivity contribution in [2.45, 2.75) is 19.3 Å². The van der Waals surface area contributed by atoms with Crippen LogP contribution in [-0.2, 0) is 5.41 Å². The molecule has 0 amide bonds. The average Bonchev–Trinajstić information content (AvgIpc) is 3.74. The molecular weight excluding hydrogens is 683 g/mol. The first kappa shape index (κ1) is 30.9. The highest BCUT2D eigenvalue weighted by Crippen LogP contribution is 2.52. The first-order valence-corrected chi connectivity index (χ1v) is 20.0. The third-order valence-electron chi connectivity index (χ3n) is 12.3. The van der Waals surface area contributed by atoms with Crippen molar-refractivity contribution in [3.8, 4) is 33.4 Å². The zero-order valence-electron chi connectivity index (χ0n) is 30.6. The maximum Gasteiger partial charge on any atom is 0.0465 e. The Kier molecular flexibility index (Phi) is 6.34. The molecule has 0 saturated carbocycles. The molecule has 0 fully saturated rings. The SMILES string of the molecule is CC1(C)c2ccccc2-c2ccc(N(c3ccccc3)c3ccc(-c4cccc(-c5cc6ccc7cccc8c9cccc%10sc5c(c%109)c6c78)c4)cc3)cc21. The topological polar surface area (TPSA) is 3.24 Å². The van der Waals surface area contributed by atoms with Gasteiger partial charge in [0.05, 0.1) is 0 Å². The van der Waals surface area contributed by atoms with Gasteiger partial charge in [-0.25, -0.2) is 0 Å². The van der Waals surface area contributed by atoms with E-state index in [-0.39, 0.29) is 5.41 Å². The van der Waals surface area contributed by atoms with Gasteiger partial charge in [0.2, 0.25) is 0 Å². The second-order valence-electron chi connectivity index (χ2n) is 15.7. The fraction of sp³-hybridized carbons (Fsp3) is 0.0566. The number of para-hydroxylation sites is 1. The van der Waals surface area contributed by atoms with Gasteiger partial charge in [-0.05, 0) is 126 Å². The molecule has 10 aromatic carbocycles. The number of nitrogens with zero attached hydrogens (tertiary/aromatic N) is 1. The van der Waals surface area contributed by atoms with Crippen molar-refractivity contribution in [2.75, 3.05) is 4.90 Å². The zero-order valence-corrected chi connectivity index (χ0v) is 31.4. The minimum absolute atomic E-state index is 0.0678. The van der Waals surface area contributed by atoms with Crippen LogP contribution in [0.1, 0.15) is 25.0 Å². The molecule has 1 heterocycles. The predicted octanol–water partition coefficient (Wildman–Crippen LogP) is 15.5. The molecule has 0 saturated heterocycles. The summed E-state index contributed by atoms with van der Waals surface area (Å²) < 4.78 is 2.74.